The third kappa shape index (κ3) is 5.58. The molecule has 0 amide bonds. The Morgan fingerprint density at radius 2 is 2.31 bits per heavy atom. The average Bonchev–Trinajstić information content (AvgIpc) is 2.70. The van der Waals surface area contributed by atoms with E-state index in [2.05, 4.69) is 24.1 Å². The minimum atomic E-state index is 0.339. The lowest BCUT2D eigenvalue weighted by molar-refractivity contribution is 0.563. The second-order valence-corrected chi connectivity index (χ2v) is 5.42. The third-order valence-corrected chi connectivity index (χ3v) is 3.63. The van der Waals surface area contributed by atoms with Gasteiger partial charge in [-0.25, -0.2) is 4.98 Å². The monoisotopic (exact) mass is 241 g/mol. The van der Waals surface area contributed by atoms with Crippen LogP contribution in [0.4, 0.5) is 0 Å². The van der Waals surface area contributed by atoms with Crippen molar-refractivity contribution in [2.75, 3.05) is 6.54 Å². The van der Waals surface area contributed by atoms with E-state index in [0.29, 0.717) is 6.04 Å². The standard InChI is InChI=1S/C12H23N3S/c1-3-11-8-15-12(16-11)9-14-7-5-4-6-10(2)13/h8,10,14H,3-7,9,13H2,1-2H3. The molecule has 3 nitrogen and oxygen atoms in total. The normalized spacial score (nSPS) is 12.9. The molecule has 0 aliphatic heterocycles. The molecule has 1 atom stereocenters. The molecule has 1 heterocycles. The first-order valence-corrected chi connectivity index (χ1v) is 6.94. The van der Waals surface area contributed by atoms with Gasteiger partial charge in [-0.15, -0.1) is 11.3 Å². The highest BCUT2D eigenvalue weighted by Gasteiger charge is 1.99. The fourth-order valence-corrected chi connectivity index (χ4v) is 2.34. The molecule has 1 unspecified atom stereocenters. The van der Waals surface area contributed by atoms with Crippen LogP contribution in [0.3, 0.4) is 0 Å². The summed E-state index contributed by atoms with van der Waals surface area (Å²) in [6, 6.07) is 0.339. The summed E-state index contributed by atoms with van der Waals surface area (Å²) in [4.78, 5) is 5.74. The van der Waals surface area contributed by atoms with E-state index in [1.165, 1.54) is 22.7 Å². The molecule has 16 heavy (non-hydrogen) atoms. The molecule has 1 aromatic heterocycles. The lowest BCUT2D eigenvalue weighted by Gasteiger charge is -2.05. The van der Waals surface area contributed by atoms with Gasteiger partial charge in [0.1, 0.15) is 5.01 Å². The van der Waals surface area contributed by atoms with Crippen LogP contribution in [-0.4, -0.2) is 17.6 Å². The van der Waals surface area contributed by atoms with Gasteiger partial charge in [0.2, 0.25) is 0 Å². The Bertz CT molecular complexity index is 284. The Morgan fingerprint density at radius 1 is 1.50 bits per heavy atom. The zero-order chi connectivity index (χ0) is 11.8. The summed E-state index contributed by atoms with van der Waals surface area (Å²) < 4.78 is 0. The lowest BCUT2D eigenvalue weighted by atomic mass is 10.1. The van der Waals surface area contributed by atoms with Gasteiger partial charge in [0, 0.05) is 23.7 Å². The summed E-state index contributed by atoms with van der Waals surface area (Å²) in [6.45, 7) is 6.20. The number of nitrogens with two attached hydrogens (primary N) is 1. The molecular formula is C12H23N3S. The van der Waals surface area contributed by atoms with Gasteiger partial charge >= 0.3 is 0 Å². The first-order chi connectivity index (χ1) is 7.72. The van der Waals surface area contributed by atoms with Crippen LogP contribution in [0.1, 0.15) is 43.0 Å². The maximum absolute atomic E-state index is 5.69. The molecule has 0 aliphatic rings. The van der Waals surface area contributed by atoms with Crippen molar-refractivity contribution < 1.29 is 0 Å². The van der Waals surface area contributed by atoms with Crippen LogP contribution in [-0.2, 0) is 13.0 Å². The van der Waals surface area contributed by atoms with Crippen molar-refractivity contribution in [3.63, 3.8) is 0 Å². The molecule has 0 saturated carbocycles. The fraction of sp³-hybridized carbons (Fsp3) is 0.750. The number of aromatic nitrogens is 1. The van der Waals surface area contributed by atoms with Gasteiger partial charge in [0.05, 0.1) is 0 Å². The number of hydrogen-bond acceptors (Lipinski definition) is 4. The number of unbranched alkanes of at least 4 members (excludes halogenated alkanes) is 1. The Balaban J connectivity index is 2.02. The number of aryl methyl sites for hydroxylation is 1. The molecular weight excluding hydrogens is 218 g/mol. The zero-order valence-electron chi connectivity index (χ0n) is 10.3. The molecule has 1 rings (SSSR count). The summed E-state index contributed by atoms with van der Waals surface area (Å²) >= 11 is 1.81. The Hall–Kier alpha value is -0.450. The molecule has 0 fully saturated rings. The summed E-state index contributed by atoms with van der Waals surface area (Å²) in [5, 5.41) is 4.62. The van der Waals surface area contributed by atoms with Crippen LogP contribution >= 0.6 is 11.3 Å². The van der Waals surface area contributed by atoms with E-state index >= 15 is 0 Å². The van der Waals surface area contributed by atoms with E-state index in [1.54, 1.807) is 0 Å². The van der Waals surface area contributed by atoms with Gasteiger partial charge in [-0.2, -0.15) is 0 Å². The predicted octanol–water partition coefficient (Wildman–Crippen LogP) is 2.31. The molecule has 3 N–H and O–H groups in total. The highest BCUT2D eigenvalue weighted by Crippen LogP contribution is 2.12. The van der Waals surface area contributed by atoms with Gasteiger partial charge in [-0.3, -0.25) is 0 Å². The highest BCUT2D eigenvalue weighted by molar-refractivity contribution is 7.11. The van der Waals surface area contributed by atoms with Crippen molar-refractivity contribution in [1.82, 2.24) is 10.3 Å². The molecule has 92 valence electrons. The number of nitrogens with one attached hydrogen (secondary N) is 1. The summed E-state index contributed by atoms with van der Waals surface area (Å²) in [7, 11) is 0. The third-order valence-electron chi connectivity index (χ3n) is 2.49. The molecule has 4 heteroatoms. The second-order valence-electron chi connectivity index (χ2n) is 4.22. The topological polar surface area (TPSA) is 50.9 Å². The summed E-state index contributed by atoms with van der Waals surface area (Å²) in [6.07, 6.45) is 6.61. The molecule has 0 aromatic carbocycles. The largest absolute Gasteiger partial charge is 0.328 e. The average molecular weight is 241 g/mol. The highest BCUT2D eigenvalue weighted by atomic mass is 32.1. The van der Waals surface area contributed by atoms with Crippen LogP contribution in [0.2, 0.25) is 0 Å². The first kappa shape index (κ1) is 13.6. The van der Waals surface area contributed by atoms with Crippen LogP contribution in [0.5, 0.6) is 0 Å². The van der Waals surface area contributed by atoms with Gasteiger partial charge in [0.15, 0.2) is 0 Å². The van der Waals surface area contributed by atoms with Gasteiger partial charge in [0.25, 0.3) is 0 Å². The number of rotatable bonds is 8. The van der Waals surface area contributed by atoms with Gasteiger partial charge in [-0.1, -0.05) is 13.3 Å². The molecule has 0 radical (unpaired) electrons. The van der Waals surface area contributed by atoms with E-state index in [4.69, 9.17) is 5.73 Å². The smallest absolute Gasteiger partial charge is 0.107 e. The Kier molecular flexibility index (Phi) is 6.61. The summed E-state index contributed by atoms with van der Waals surface area (Å²) in [5.74, 6) is 0. The number of thiazole rings is 1. The van der Waals surface area contributed by atoms with Crippen molar-refractivity contribution in [1.29, 1.82) is 0 Å². The van der Waals surface area contributed by atoms with Crippen molar-refractivity contribution in [2.45, 2.75) is 52.1 Å². The Morgan fingerprint density at radius 3 is 2.94 bits per heavy atom. The predicted molar refractivity (Wildman–Crippen MR) is 70.7 cm³/mol. The maximum Gasteiger partial charge on any atom is 0.107 e. The quantitative estimate of drug-likeness (QED) is 0.687. The number of hydrogen-bond donors (Lipinski definition) is 2. The first-order valence-electron chi connectivity index (χ1n) is 6.12. The molecule has 0 spiro atoms. The van der Waals surface area contributed by atoms with Crippen LogP contribution < -0.4 is 11.1 Å². The Labute approximate surface area is 102 Å². The molecule has 0 saturated heterocycles. The van der Waals surface area contributed by atoms with E-state index < -0.39 is 0 Å². The lowest BCUT2D eigenvalue weighted by Crippen LogP contribution is -2.17. The van der Waals surface area contributed by atoms with E-state index in [9.17, 15) is 0 Å². The SMILES string of the molecule is CCc1cnc(CNCCCCC(C)N)s1. The van der Waals surface area contributed by atoms with Crippen molar-refractivity contribution in [3.8, 4) is 0 Å². The van der Waals surface area contributed by atoms with E-state index in [-0.39, 0.29) is 0 Å². The van der Waals surface area contributed by atoms with E-state index in [1.807, 2.05) is 17.5 Å². The minimum Gasteiger partial charge on any atom is -0.328 e. The van der Waals surface area contributed by atoms with Crippen LogP contribution in [0, 0.1) is 0 Å². The molecule has 0 bridgehead atoms. The van der Waals surface area contributed by atoms with Crippen LogP contribution in [0.25, 0.3) is 0 Å². The zero-order valence-corrected chi connectivity index (χ0v) is 11.1. The van der Waals surface area contributed by atoms with Crippen molar-refractivity contribution in [2.24, 2.45) is 5.73 Å². The van der Waals surface area contributed by atoms with E-state index in [0.717, 1.165) is 25.9 Å². The summed E-state index contributed by atoms with van der Waals surface area (Å²) in [5.41, 5.74) is 5.69. The van der Waals surface area contributed by atoms with Crippen molar-refractivity contribution >= 4 is 11.3 Å². The fourth-order valence-electron chi connectivity index (χ4n) is 1.50. The van der Waals surface area contributed by atoms with Gasteiger partial charge in [-0.05, 0) is 32.7 Å². The molecule has 0 aliphatic carbocycles. The second kappa shape index (κ2) is 7.76. The van der Waals surface area contributed by atoms with Gasteiger partial charge < -0.3 is 11.1 Å². The molecule has 1 aromatic rings. The van der Waals surface area contributed by atoms with Crippen LogP contribution in [0.15, 0.2) is 6.20 Å². The minimum absolute atomic E-state index is 0.339. The maximum atomic E-state index is 5.69. The van der Waals surface area contributed by atoms with Crippen molar-refractivity contribution in [3.05, 3.63) is 16.1 Å². The number of nitrogens with zero attached hydrogens (tertiary/aromatic N) is 1.